The molecular weight excluding hydrogens is 318 g/mol. The molecule has 0 aliphatic carbocycles. The summed E-state index contributed by atoms with van der Waals surface area (Å²) in [5, 5.41) is 7.70. The summed E-state index contributed by atoms with van der Waals surface area (Å²) < 4.78 is 11.1. The van der Waals surface area contributed by atoms with Crippen molar-refractivity contribution in [3.8, 4) is 11.5 Å². The first-order valence-corrected chi connectivity index (χ1v) is 7.79. The summed E-state index contributed by atoms with van der Waals surface area (Å²) in [5.41, 5.74) is -0.517. The first-order chi connectivity index (χ1) is 10.9. The molecule has 2 N–H and O–H groups in total. The number of anilines is 2. The molecule has 1 aliphatic rings. The highest BCUT2D eigenvalue weighted by Crippen LogP contribution is 2.33. The monoisotopic (exact) mass is 333 g/mol. The Morgan fingerprint density at radius 3 is 3.04 bits per heavy atom. The van der Waals surface area contributed by atoms with Crippen molar-refractivity contribution in [2.75, 3.05) is 17.2 Å². The van der Waals surface area contributed by atoms with E-state index in [2.05, 4.69) is 15.6 Å². The van der Waals surface area contributed by atoms with Crippen LogP contribution in [-0.4, -0.2) is 29.0 Å². The van der Waals surface area contributed by atoms with E-state index >= 15 is 0 Å². The van der Waals surface area contributed by atoms with E-state index in [9.17, 15) is 9.59 Å². The molecule has 2 amide bonds. The topological polar surface area (TPSA) is 89.5 Å². The van der Waals surface area contributed by atoms with E-state index in [0.29, 0.717) is 22.3 Å². The first-order valence-electron chi connectivity index (χ1n) is 6.91. The van der Waals surface area contributed by atoms with Gasteiger partial charge in [-0.2, -0.15) is 0 Å². The van der Waals surface area contributed by atoms with Crippen molar-refractivity contribution >= 4 is 34.0 Å². The summed E-state index contributed by atoms with van der Waals surface area (Å²) in [7, 11) is 0. The maximum atomic E-state index is 12.3. The Balaban J connectivity index is 1.72. The third-order valence-electron chi connectivity index (χ3n) is 3.16. The first kappa shape index (κ1) is 15.3. The lowest BCUT2D eigenvalue weighted by Gasteiger charge is -2.26. The second-order valence-electron chi connectivity index (χ2n) is 5.40. The molecule has 0 saturated heterocycles. The van der Waals surface area contributed by atoms with Crippen molar-refractivity contribution in [3.05, 3.63) is 29.8 Å². The zero-order valence-electron chi connectivity index (χ0n) is 12.6. The Kier molecular flexibility index (Phi) is 3.91. The molecule has 0 fully saturated rings. The molecule has 8 heteroatoms. The second kappa shape index (κ2) is 5.88. The minimum Gasteiger partial charge on any atom is -0.481 e. The van der Waals surface area contributed by atoms with Crippen molar-refractivity contribution in [1.82, 2.24) is 4.98 Å². The molecular formula is C15H15N3O4S. The van der Waals surface area contributed by atoms with Gasteiger partial charge in [-0.15, -0.1) is 11.3 Å². The van der Waals surface area contributed by atoms with E-state index in [4.69, 9.17) is 9.47 Å². The molecule has 0 radical (unpaired) electrons. The fraction of sp³-hybridized carbons (Fsp3) is 0.267. The highest BCUT2D eigenvalue weighted by molar-refractivity contribution is 7.13. The van der Waals surface area contributed by atoms with Crippen LogP contribution in [-0.2, 0) is 9.59 Å². The number of carbonyl (C=O) groups is 2. The van der Waals surface area contributed by atoms with Crippen LogP contribution in [0, 0.1) is 0 Å². The fourth-order valence-electron chi connectivity index (χ4n) is 1.99. The Morgan fingerprint density at radius 2 is 2.30 bits per heavy atom. The number of hydrogen-bond donors (Lipinski definition) is 2. The van der Waals surface area contributed by atoms with Crippen LogP contribution < -0.4 is 20.1 Å². The average Bonchev–Trinajstić information content (AvgIpc) is 3.00. The quantitative estimate of drug-likeness (QED) is 0.896. The number of nitrogens with one attached hydrogen (secondary N) is 2. The van der Waals surface area contributed by atoms with Gasteiger partial charge in [0, 0.05) is 17.6 Å². The van der Waals surface area contributed by atoms with Gasteiger partial charge in [-0.25, -0.2) is 4.98 Å². The summed E-state index contributed by atoms with van der Waals surface area (Å²) in [6.07, 6.45) is 1.61. The summed E-state index contributed by atoms with van der Waals surface area (Å²) in [6.45, 7) is 3.29. The van der Waals surface area contributed by atoms with Gasteiger partial charge in [0.05, 0.1) is 5.69 Å². The van der Waals surface area contributed by atoms with Gasteiger partial charge in [-0.1, -0.05) is 0 Å². The van der Waals surface area contributed by atoms with Crippen molar-refractivity contribution in [2.45, 2.75) is 19.4 Å². The van der Waals surface area contributed by atoms with E-state index in [1.807, 2.05) is 0 Å². The van der Waals surface area contributed by atoms with Crippen molar-refractivity contribution in [1.29, 1.82) is 0 Å². The maximum absolute atomic E-state index is 12.3. The largest absolute Gasteiger partial charge is 0.481 e. The van der Waals surface area contributed by atoms with E-state index in [1.165, 1.54) is 11.3 Å². The summed E-state index contributed by atoms with van der Waals surface area (Å²) in [4.78, 5) is 27.6. The number of amides is 2. The van der Waals surface area contributed by atoms with E-state index in [0.717, 1.165) is 0 Å². The summed E-state index contributed by atoms with van der Waals surface area (Å²) in [6, 6.07) is 5.00. The molecule has 7 nitrogen and oxygen atoms in total. The minimum atomic E-state index is -1.10. The number of rotatable bonds is 4. The molecule has 23 heavy (non-hydrogen) atoms. The average molecular weight is 333 g/mol. The third kappa shape index (κ3) is 3.42. The number of fused-ring (bicyclic) bond motifs is 1. The zero-order chi connectivity index (χ0) is 16.4. The predicted octanol–water partition coefficient (Wildman–Crippen LogP) is 2.27. The van der Waals surface area contributed by atoms with Crippen LogP contribution in [0.2, 0.25) is 0 Å². The molecule has 0 bridgehead atoms. The molecule has 1 aromatic carbocycles. The van der Waals surface area contributed by atoms with Crippen LogP contribution in [0.3, 0.4) is 0 Å². The van der Waals surface area contributed by atoms with Gasteiger partial charge in [0.15, 0.2) is 17.3 Å². The van der Waals surface area contributed by atoms with Crippen LogP contribution in [0.25, 0.3) is 0 Å². The van der Waals surface area contributed by atoms with E-state index in [-0.39, 0.29) is 18.4 Å². The van der Waals surface area contributed by atoms with Gasteiger partial charge in [-0.3, -0.25) is 14.9 Å². The lowest BCUT2D eigenvalue weighted by Crippen LogP contribution is -2.42. The van der Waals surface area contributed by atoms with Gasteiger partial charge in [-0.05, 0) is 26.0 Å². The number of ether oxygens (including phenoxy) is 2. The lowest BCUT2D eigenvalue weighted by molar-refractivity contribution is -0.128. The van der Waals surface area contributed by atoms with E-state index in [1.54, 1.807) is 43.6 Å². The SMILES string of the molecule is CC(C)(Oc1ccc2c(c1)OCC(=O)N2)C(=O)Nc1nccs1. The van der Waals surface area contributed by atoms with Crippen LogP contribution in [0.5, 0.6) is 11.5 Å². The highest BCUT2D eigenvalue weighted by Gasteiger charge is 2.31. The van der Waals surface area contributed by atoms with Crippen molar-refractivity contribution in [3.63, 3.8) is 0 Å². The van der Waals surface area contributed by atoms with Crippen LogP contribution >= 0.6 is 11.3 Å². The number of carbonyl (C=O) groups excluding carboxylic acids is 2. The molecule has 3 rings (SSSR count). The van der Waals surface area contributed by atoms with Crippen LogP contribution in [0.15, 0.2) is 29.8 Å². The molecule has 120 valence electrons. The molecule has 0 unspecified atom stereocenters. The van der Waals surface area contributed by atoms with Gasteiger partial charge in [0.25, 0.3) is 11.8 Å². The number of thiazole rings is 1. The van der Waals surface area contributed by atoms with Gasteiger partial charge >= 0.3 is 0 Å². The zero-order valence-corrected chi connectivity index (χ0v) is 13.4. The molecule has 1 aromatic heterocycles. The second-order valence-corrected chi connectivity index (χ2v) is 6.29. The highest BCUT2D eigenvalue weighted by atomic mass is 32.1. The fourth-order valence-corrected chi connectivity index (χ4v) is 2.52. The standard InChI is InChI=1S/C15H15N3O4S/c1-15(2,13(20)18-14-16-5-6-23-14)22-9-3-4-10-11(7-9)21-8-12(19)17-10/h3-7H,8H2,1-2H3,(H,17,19)(H,16,18,20). The van der Waals surface area contributed by atoms with Crippen molar-refractivity contribution in [2.24, 2.45) is 0 Å². The molecule has 0 spiro atoms. The normalized spacial score (nSPS) is 13.6. The summed E-state index contributed by atoms with van der Waals surface area (Å²) in [5.74, 6) is 0.478. The molecule has 1 aliphatic heterocycles. The van der Waals surface area contributed by atoms with Gasteiger partial charge < -0.3 is 14.8 Å². The number of nitrogens with zero attached hydrogens (tertiary/aromatic N) is 1. The number of hydrogen-bond acceptors (Lipinski definition) is 6. The third-order valence-corrected chi connectivity index (χ3v) is 3.85. The molecule has 2 heterocycles. The van der Waals surface area contributed by atoms with E-state index < -0.39 is 5.60 Å². The Labute approximate surface area is 136 Å². The minimum absolute atomic E-state index is 0.0373. The van der Waals surface area contributed by atoms with Crippen LogP contribution in [0.1, 0.15) is 13.8 Å². The molecule has 0 atom stereocenters. The summed E-state index contributed by atoms with van der Waals surface area (Å²) >= 11 is 1.33. The van der Waals surface area contributed by atoms with Gasteiger partial charge in [0.1, 0.15) is 11.5 Å². The molecule has 2 aromatic rings. The van der Waals surface area contributed by atoms with Gasteiger partial charge in [0.2, 0.25) is 0 Å². The Hall–Kier alpha value is -2.61. The maximum Gasteiger partial charge on any atom is 0.269 e. The molecule has 0 saturated carbocycles. The lowest BCUT2D eigenvalue weighted by atomic mass is 10.1. The Morgan fingerprint density at radius 1 is 1.48 bits per heavy atom. The van der Waals surface area contributed by atoms with Crippen molar-refractivity contribution < 1.29 is 19.1 Å². The van der Waals surface area contributed by atoms with Crippen LogP contribution in [0.4, 0.5) is 10.8 Å². The smallest absolute Gasteiger partial charge is 0.269 e. The number of benzene rings is 1. The Bertz CT molecular complexity index is 743. The number of aromatic nitrogens is 1. The predicted molar refractivity (Wildman–Crippen MR) is 86.0 cm³/mol.